The van der Waals surface area contributed by atoms with Crippen molar-refractivity contribution in [1.29, 1.82) is 0 Å². The van der Waals surface area contributed by atoms with Crippen LogP contribution in [0.1, 0.15) is 22.6 Å². The summed E-state index contributed by atoms with van der Waals surface area (Å²) in [6, 6.07) is 5.45. The number of aromatic nitrogens is 3. The van der Waals surface area contributed by atoms with Crippen LogP contribution in [0.2, 0.25) is 0 Å². The summed E-state index contributed by atoms with van der Waals surface area (Å²) in [4.78, 5) is 15.6. The molecule has 94 valence electrons. The number of aromatic amines is 1. The summed E-state index contributed by atoms with van der Waals surface area (Å²) in [5.41, 5.74) is 0.455. The Morgan fingerprint density at radius 3 is 2.78 bits per heavy atom. The third-order valence-corrected chi connectivity index (χ3v) is 2.45. The summed E-state index contributed by atoms with van der Waals surface area (Å²) in [5, 5.41) is 9.24. The maximum atomic E-state index is 12.7. The topological polar surface area (TPSA) is 70.7 Å². The Morgan fingerprint density at radius 2 is 2.11 bits per heavy atom. The molecule has 6 heteroatoms. The monoisotopic (exact) mass is 248 g/mol. The lowest BCUT2D eigenvalue weighted by Crippen LogP contribution is -2.24. The molecule has 18 heavy (non-hydrogen) atoms. The van der Waals surface area contributed by atoms with E-state index in [1.54, 1.807) is 0 Å². The molecule has 1 heterocycles. The number of carbonyl (C=O) groups is 1. The largest absolute Gasteiger partial charge is 0.352 e. The predicted octanol–water partition coefficient (Wildman–Crippen LogP) is 1.31. The molecule has 1 aromatic carbocycles. The number of H-pyrrole nitrogens is 1. The lowest BCUT2D eigenvalue weighted by molar-refractivity contribution is 0.0953. The maximum absolute atomic E-state index is 12.7. The quantitative estimate of drug-likeness (QED) is 0.784. The number of aryl methyl sites for hydroxylation is 1. The number of hydrogen-bond acceptors (Lipinski definition) is 3. The molecular weight excluding hydrogens is 235 g/mol. The highest BCUT2D eigenvalue weighted by atomic mass is 19.1. The van der Waals surface area contributed by atoms with Crippen LogP contribution in [0.4, 0.5) is 4.39 Å². The van der Waals surface area contributed by atoms with Gasteiger partial charge in [0.2, 0.25) is 0 Å². The minimum Gasteiger partial charge on any atom is -0.352 e. The highest BCUT2D eigenvalue weighted by Crippen LogP contribution is 2.02. The van der Waals surface area contributed by atoms with Crippen molar-refractivity contribution in [2.75, 3.05) is 6.54 Å². The number of hydrogen-bond donors (Lipinski definition) is 2. The minimum atomic E-state index is -0.350. The van der Waals surface area contributed by atoms with E-state index in [1.165, 1.54) is 30.6 Å². The first-order chi connectivity index (χ1) is 8.75. The summed E-state index contributed by atoms with van der Waals surface area (Å²) in [7, 11) is 0. The van der Waals surface area contributed by atoms with E-state index in [9.17, 15) is 9.18 Å². The zero-order chi connectivity index (χ0) is 12.8. The van der Waals surface area contributed by atoms with Crippen LogP contribution >= 0.6 is 0 Å². The Hall–Kier alpha value is -2.24. The number of amides is 1. The number of benzene rings is 1. The SMILES string of the molecule is O=C(NCCCc1ncn[nH]1)c1ccc(F)cc1. The second-order valence-electron chi connectivity index (χ2n) is 3.80. The van der Waals surface area contributed by atoms with E-state index in [1.807, 2.05) is 0 Å². The zero-order valence-corrected chi connectivity index (χ0v) is 9.69. The van der Waals surface area contributed by atoms with Crippen LogP contribution in [-0.4, -0.2) is 27.6 Å². The summed E-state index contributed by atoms with van der Waals surface area (Å²) < 4.78 is 12.7. The lowest BCUT2D eigenvalue weighted by atomic mass is 10.2. The van der Waals surface area contributed by atoms with Gasteiger partial charge < -0.3 is 5.32 Å². The number of nitrogens with zero attached hydrogens (tertiary/aromatic N) is 2. The van der Waals surface area contributed by atoms with Gasteiger partial charge in [0.1, 0.15) is 18.0 Å². The van der Waals surface area contributed by atoms with Crippen molar-refractivity contribution in [1.82, 2.24) is 20.5 Å². The van der Waals surface area contributed by atoms with Crippen molar-refractivity contribution < 1.29 is 9.18 Å². The summed E-state index contributed by atoms with van der Waals surface area (Å²) in [5.74, 6) is 0.246. The van der Waals surface area contributed by atoms with Crippen LogP contribution in [-0.2, 0) is 6.42 Å². The molecule has 0 saturated carbocycles. The third kappa shape index (κ3) is 3.38. The van der Waals surface area contributed by atoms with Gasteiger partial charge in [-0.05, 0) is 30.7 Å². The van der Waals surface area contributed by atoms with Crippen LogP contribution in [0, 0.1) is 5.82 Å². The number of carbonyl (C=O) groups excluding carboxylic acids is 1. The molecule has 5 nitrogen and oxygen atoms in total. The molecule has 0 spiro atoms. The van der Waals surface area contributed by atoms with Crippen molar-refractivity contribution in [3.8, 4) is 0 Å². The summed E-state index contributed by atoms with van der Waals surface area (Å²) >= 11 is 0. The van der Waals surface area contributed by atoms with Crippen molar-refractivity contribution >= 4 is 5.91 Å². The summed E-state index contributed by atoms with van der Waals surface area (Å²) in [6.07, 6.45) is 2.94. The van der Waals surface area contributed by atoms with E-state index >= 15 is 0 Å². The van der Waals surface area contributed by atoms with Crippen LogP contribution in [0.25, 0.3) is 0 Å². The van der Waals surface area contributed by atoms with Crippen LogP contribution in [0.15, 0.2) is 30.6 Å². The van der Waals surface area contributed by atoms with Gasteiger partial charge in [-0.25, -0.2) is 9.37 Å². The first kappa shape index (κ1) is 12.2. The Kier molecular flexibility index (Phi) is 4.01. The van der Waals surface area contributed by atoms with Gasteiger partial charge in [-0.15, -0.1) is 0 Å². The van der Waals surface area contributed by atoms with Crippen LogP contribution in [0.5, 0.6) is 0 Å². The van der Waals surface area contributed by atoms with E-state index in [-0.39, 0.29) is 11.7 Å². The van der Waals surface area contributed by atoms with E-state index < -0.39 is 0 Å². The van der Waals surface area contributed by atoms with Gasteiger partial charge in [-0.1, -0.05) is 0 Å². The van der Waals surface area contributed by atoms with E-state index in [4.69, 9.17) is 0 Å². The molecule has 0 atom stereocenters. The second kappa shape index (κ2) is 5.90. The first-order valence-corrected chi connectivity index (χ1v) is 5.64. The zero-order valence-electron chi connectivity index (χ0n) is 9.69. The first-order valence-electron chi connectivity index (χ1n) is 5.64. The fourth-order valence-electron chi connectivity index (χ4n) is 1.51. The average Bonchev–Trinajstić information content (AvgIpc) is 2.88. The Balaban J connectivity index is 1.73. The van der Waals surface area contributed by atoms with E-state index in [2.05, 4.69) is 20.5 Å². The Bertz CT molecular complexity index is 495. The Labute approximate surface area is 103 Å². The van der Waals surface area contributed by atoms with Gasteiger partial charge in [-0.3, -0.25) is 9.89 Å². The predicted molar refractivity (Wildman–Crippen MR) is 63.4 cm³/mol. The number of halogens is 1. The third-order valence-electron chi connectivity index (χ3n) is 2.45. The molecule has 0 unspecified atom stereocenters. The standard InChI is InChI=1S/C12H13FN4O/c13-10-5-3-9(4-6-10)12(18)14-7-1-2-11-15-8-16-17-11/h3-6,8H,1-2,7H2,(H,14,18)(H,15,16,17). The molecule has 0 fully saturated rings. The van der Waals surface area contributed by atoms with Gasteiger partial charge in [-0.2, -0.15) is 5.10 Å². The average molecular weight is 248 g/mol. The fourth-order valence-corrected chi connectivity index (χ4v) is 1.51. The van der Waals surface area contributed by atoms with Gasteiger partial charge in [0.05, 0.1) is 0 Å². The smallest absolute Gasteiger partial charge is 0.251 e. The van der Waals surface area contributed by atoms with Crippen LogP contribution < -0.4 is 5.32 Å². The maximum Gasteiger partial charge on any atom is 0.251 e. The van der Waals surface area contributed by atoms with E-state index in [0.717, 1.165) is 18.7 Å². The molecule has 2 rings (SSSR count). The summed E-state index contributed by atoms with van der Waals surface area (Å²) in [6.45, 7) is 0.539. The second-order valence-corrected chi connectivity index (χ2v) is 3.80. The molecule has 0 saturated heterocycles. The molecule has 1 amide bonds. The van der Waals surface area contributed by atoms with Crippen molar-refractivity contribution in [3.63, 3.8) is 0 Å². The number of nitrogens with one attached hydrogen (secondary N) is 2. The molecule has 0 bridgehead atoms. The molecule has 2 N–H and O–H groups in total. The molecule has 0 radical (unpaired) electrons. The van der Waals surface area contributed by atoms with Crippen molar-refractivity contribution in [2.24, 2.45) is 0 Å². The van der Waals surface area contributed by atoms with Crippen LogP contribution in [0.3, 0.4) is 0 Å². The Morgan fingerprint density at radius 1 is 1.33 bits per heavy atom. The number of rotatable bonds is 5. The molecule has 0 aliphatic carbocycles. The minimum absolute atomic E-state index is 0.201. The van der Waals surface area contributed by atoms with Gasteiger partial charge >= 0.3 is 0 Å². The van der Waals surface area contributed by atoms with Gasteiger partial charge in [0.15, 0.2) is 0 Å². The van der Waals surface area contributed by atoms with Gasteiger partial charge in [0, 0.05) is 18.5 Å². The highest BCUT2D eigenvalue weighted by Gasteiger charge is 2.04. The van der Waals surface area contributed by atoms with Crippen molar-refractivity contribution in [3.05, 3.63) is 47.8 Å². The molecule has 0 aliphatic heterocycles. The van der Waals surface area contributed by atoms with Gasteiger partial charge in [0.25, 0.3) is 5.91 Å². The normalized spacial score (nSPS) is 10.3. The van der Waals surface area contributed by atoms with Crippen molar-refractivity contribution in [2.45, 2.75) is 12.8 Å². The highest BCUT2D eigenvalue weighted by molar-refractivity contribution is 5.94. The van der Waals surface area contributed by atoms with E-state index in [0.29, 0.717) is 12.1 Å². The molecule has 1 aromatic heterocycles. The lowest BCUT2D eigenvalue weighted by Gasteiger charge is -2.04. The molecule has 2 aromatic rings. The fraction of sp³-hybridized carbons (Fsp3) is 0.250. The molecule has 0 aliphatic rings. The molecular formula is C12H13FN4O.